The number of nitrogens with zero attached hydrogens (tertiary/aromatic N) is 1. The molecule has 0 bridgehead atoms. The fraction of sp³-hybridized carbons (Fsp3) is 1.00. The largest absolute Gasteiger partial charge is 0.329 e. The quantitative estimate of drug-likeness (QED) is 0.676. The smallest absolute Gasteiger partial charge is 0.0105 e. The van der Waals surface area contributed by atoms with E-state index in [1.807, 2.05) is 0 Å². The molecule has 0 radical (unpaired) electrons. The lowest BCUT2D eigenvalue weighted by Gasteiger charge is -2.13. The normalized spacial score (nSPS) is 27.0. The van der Waals surface area contributed by atoms with Gasteiger partial charge >= 0.3 is 0 Å². The van der Waals surface area contributed by atoms with E-state index in [0.717, 1.165) is 18.5 Å². The van der Waals surface area contributed by atoms with Crippen LogP contribution in [-0.2, 0) is 0 Å². The van der Waals surface area contributed by atoms with E-state index in [4.69, 9.17) is 5.73 Å². The summed E-state index contributed by atoms with van der Waals surface area (Å²) in [6.07, 6.45) is 4.40. The molecule has 1 saturated carbocycles. The molecule has 0 atom stereocenters. The van der Waals surface area contributed by atoms with Crippen LogP contribution in [0.5, 0.6) is 0 Å². The molecule has 2 nitrogen and oxygen atoms in total. The van der Waals surface area contributed by atoms with Gasteiger partial charge in [0.15, 0.2) is 0 Å². The molecule has 2 N–H and O–H groups in total. The van der Waals surface area contributed by atoms with Crippen LogP contribution in [-0.4, -0.2) is 31.1 Å². The van der Waals surface area contributed by atoms with Gasteiger partial charge in [-0.1, -0.05) is 0 Å². The summed E-state index contributed by atoms with van der Waals surface area (Å²) in [6.45, 7) is 4.58. The average Bonchev–Trinajstić information content (AvgIpc) is 2.52. The van der Waals surface area contributed by atoms with Gasteiger partial charge in [0.1, 0.15) is 0 Å². The van der Waals surface area contributed by atoms with Crippen LogP contribution in [0.25, 0.3) is 0 Å². The van der Waals surface area contributed by atoms with E-state index in [2.05, 4.69) is 4.90 Å². The molecule has 1 aliphatic heterocycles. The van der Waals surface area contributed by atoms with Gasteiger partial charge in [-0.15, -0.1) is 12.4 Å². The predicted octanol–water partition coefficient (Wildman–Crippen LogP) is 0.853. The molecule has 1 spiro atoms. The van der Waals surface area contributed by atoms with Crippen molar-refractivity contribution in [3.8, 4) is 0 Å². The van der Waals surface area contributed by atoms with E-state index in [9.17, 15) is 0 Å². The lowest BCUT2D eigenvalue weighted by molar-refractivity contribution is 0.329. The Labute approximate surface area is 74.5 Å². The van der Waals surface area contributed by atoms with E-state index in [0.29, 0.717) is 0 Å². The molecule has 0 unspecified atom stereocenters. The highest BCUT2D eigenvalue weighted by Gasteiger charge is 2.47. The molecule has 1 saturated heterocycles. The second kappa shape index (κ2) is 3.30. The Kier molecular flexibility index (Phi) is 2.79. The van der Waals surface area contributed by atoms with E-state index in [-0.39, 0.29) is 12.4 Å². The van der Waals surface area contributed by atoms with Crippen molar-refractivity contribution in [3.63, 3.8) is 0 Å². The standard InChI is InChI=1S/C8H16N2.ClH/c9-4-6-10-5-3-8(7-10)1-2-8;/h1-7,9H2;1H. The van der Waals surface area contributed by atoms with Crippen molar-refractivity contribution < 1.29 is 0 Å². The van der Waals surface area contributed by atoms with Gasteiger partial charge in [0.25, 0.3) is 0 Å². The first-order valence-corrected chi connectivity index (χ1v) is 4.27. The lowest BCUT2D eigenvalue weighted by atomic mass is 10.1. The average molecular weight is 177 g/mol. The molecule has 0 aromatic heterocycles. The number of hydrogen-bond acceptors (Lipinski definition) is 2. The fourth-order valence-corrected chi connectivity index (χ4v) is 1.99. The number of nitrogens with two attached hydrogens (primary N) is 1. The Morgan fingerprint density at radius 1 is 1.27 bits per heavy atom. The molecule has 2 rings (SSSR count). The van der Waals surface area contributed by atoms with Gasteiger partial charge in [0.05, 0.1) is 0 Å². The summed E-state index contributed by atoms with van der Waals surface area (Å²) in [4.78, 5) is 2.51. The zero-order valence-electron chi connectivity index (χ0n) is 6.88. The first kappa shape index (κ1) is 9.30. The van der Waals surface area contributed by atoms with Gasteiger partial charge in [0, 0.05) is 19.6 Å². The monoisotopic (exact) mass is 176 g/mol. The number of rotatable bonds is 2. The Balaban J connectivity index is 0.000000605. The maximum atomic E-state index is 5.48. The predicted molar refractivity (Wildman–Crippen MR) is 49.0 cm³/mol. The summed E-state index contributed by atoms with van der Waals surface area (Å²) in [5, 5.41) is 0. The van der Waals surface area contributed by atoms with Crippen LogP contribution < -0.4 is 5.73 Å². The van der Waals surface area contributed by atoms with Crippen molar-refractivity contribution in [2.24, 2.45) is 11.1 Å². The van der Waals surface area contributed by atoms with Crippen molar-refractivity contribution in [1.29, 1.82) is 0 Å². The van der Waals surface area contributed by atoms with Crippen LogP contribution in [0.4, 0.5) is 0 Å². The second-order valence-electron chi connectivity index (χ2n) is 3.81. The Hall–Kier alpha value is 0.210. The van der Waals surface area contributed by atoms with Gasteiger partial charge in [0.2, 0.25) is 0 Å². The van der Waals surface area contributed by atoms with Crippen LogP contribution in [0.15, 0.2) is 0 Å². The van der Waals surface area contributed by atoms with Gasteiger partial charge in [-0.3, -0.25) is 0 Å². The number of halogens is 1. The third-order valence-corrected chi connectivity index (χ3v) is 2.92. The van der Waals surface area contributed by atoms with Gasteiger partial charge in [-0.25, -0.2) is 0 Å². The molecule has 2 aliphatic rings. The minimum Gasteiger partial charge on any atom is -0.329 e. The van der Waals surface area contributed by atoms with Crippen LogP contribution in [0.2, 0.25) is 0 Å². The first-order valence-electron chi connectivity index (χ1n) is 4.27. The molecule has 3 heteroatoms. The van der Waals surface area contributed by atoms with Gasteiger partial charge < -0.3 is 10.6 Å². The minimum absolute atomic E-state index is 0. The summed E-state index contributed by atoms with van der Waals surface area (Å²) >= 11 is 0. The fourth-order valence-electron chi connectivity index (χ4n) is 1.99. The molecule has 0 aromatic carbocycles. The first-order chi connectivity index (χ1) is 4.85. The maximum Gasteiger partial charge on any atom is 0.0105 e. The topological polar surface area (TPSA) is 29.3 Å². The van der Waals surface area contributed by atoms with E-state index < -0.39 is 0 Å². The van der Waals surface area contributed by atoms with Crippen LogP contribution in [0.1, 0.15) is 19.3 Å². The van der Waals surface area contributed by atoms with Crippen LogP contribution in [0.3, 0.4) is 0 Å². The molecule has 11 heavy (non-hydrogen) atoms. The van der Waals surface area contributed by atoms with Crippen LogP contribution in [0, 0.1) is 5.41 Å². The highest BCUT2D eigenvalue weighted by molar-refractivity contribution is 5.85. The molecular weight excluding hydrogens is 160 g/mol. The second-order valence-corrected chi connectivity index (χ2v) is 3.81. The van der Waals surface area contributed by atoms with E-state index in [1.54, 1.807) is 0 Å². The maximum absolute atomic E-state index is 5.48. The van der Waals surface area contributed by atoms with Crippen molar-refractivity contribution >= 4 is 12.4 Å². The van der Waals surface area contributed by atoms with E-state index in [1.165, 1.54) is 32.4 Å². The minimum atomic E-state index is 0. The zero-order valence-corrected chi connectivity index (χ0v) is 7.70. The van der Waals surface area contributed by atoms with Crippen molar-refractivity contribution in [1.82, 2.24) is 4.90 Å². The Bertz CT molecular complexity index is 134. The number of hydrogen-bond donors (Lipinski definition) is 1. The molecule has 66 valence electrons. The van der Waals surface area contributed by atoms with Crippen LogP contribution >= 0.6 is 12.4 Å². The highest BCUT2D eigenvalue weighted by Crippen LogP contribution is 2.52. The summed E-state index contributed by atoms with van der Waals surface area (Å²) < 4.78 is 0. The third-order valence-electron chi connectivity index (χ3n) is 2.92. The molecular formula is C8H17ClN2. The van der Waals surface area contributed by atoms with Crippen molar-refractivity contribution in [3.05, 3.63) is 0 Å². The molecule has 0 aromatic rings. The lowest BCUT2D eigenvalue weighted by Crippen LogP contribution is -2.27. The summed E-state index contributed by atoms with van der Waals surface area (Å²) in [5.41, 5.74) is 6.26. The summed E-state index contributed by atoms with van der Waals surface area (Å²) in [7, 11) is 0. The van der Waals surface area contributed by atoms with Crippen molar-refractivity contribution in [2.75, 3.05) is 26.2 Å². The van der Waals surface area contributed by atoms with Gasteiger partial charge in [-0.2, -0.15) is 0 Å². The van der Waals surface area contributed by atoms with Crippen molar-refractivity contribution in [2.45, 2.75) is 19.3 Å². The highest BCUT2D eigenvalue weighted by atomic mass is 35.5. The Morgan fingerprint density at radius 2 is 2.00 bits per heavy atom. The summed E-state index contributed by atoms with van der Waals surface area (Å²) in [5.74, 6) is 0. The third kappa shape index (κ3) is 1.86. The summed E-state index contributed by atoms with van der Waals surface area (Å²) in [6, 6.07) is 0. The van der Waals surface area contributed by atoms with Gasteiger partial charge in [-0.05, 0) is 31.2 Å². The van der Waals surface area contributed by atoms with E-state index >= 15 is 0 Å². The molecule has 2 fully saturated rings. The zero-order chi connectivity index (χ0) is 7.03. The SMILES string of the molecule is Cl.NCCN1CCC2(CC2)C1. The Morgan fingerprint density at radius 3 is 2.45 bits per heavy atom. The molecule has 1 aliphatic carbocycles. The molecule has 1 heterocycles. The molecule has 0 amide bonds. The number of likely N-dealkylation sites (tertiary alicyclic amines) is 1.